The number of carbonyl (C=O) groups excluding carboxylic acids is 3. The van der Waals surface area contributed by atoms with Gasteiger partial charge < -0.3 is 15.4 Å². The van der Waals surface area contributed by atoms with Crippen molar-refractivity contribution in [3.8, 4) is 0 Å². The quantitative estimate of drug-likeness (QED) is 0.260. The summed E-state index contributed by atoms with van der Waals surface area (Å²) in [7, 11) is 1.30. The second-order valence-corrected chi connectivity index (χ2v) is 9.61. The molecule has 0 bridgehead atoms. The fourth-order valence-corrected chi connectivity index (χ4v) is 4.23. The predicted octanol–water partition coefficient (Wildman–Crippen LogP) is 5.39. The monoisotopic (exact) mass is 524 g/mol. The molecular weight excluding hydrogens is 488 g/mol. The Labute approximate surface area is 230 Å². The zero-order chi connectivity index (χ0) is 28.2. The Morgan fingerprint density at radius 1 is 0.744 bits per heavy atom. The number of ether oxygens (including phenoxy) is 1. The molecule has 0 aromatic heterocycles. The summed E-state index contributed by atoms with van der Waals surface area (Å²) in [6.45, 7) is 5.04. The van der Waals surface area contributed by atoms with Crippen LogP contribution in [0.5, 0.6) is 0 Å². The van der Waals surface area contributed by atoms with Crippen LogP contribution in [0.25, 0.3) is 24.3 Å². The first-order valence-electron chi connectivity index (χ1n) is 13.0. The van der Waals surface area contributed by atoms with Crippen LogP contribution >= 0.6 is 0 Å². The minimum Gasteiger partial charge on any atom is -0.467 e. The van der Waals surface area contributed by atoms with E-state index in [9.17, 15) is 14.4 Å². The van der Waals surface area contributed by atoms with E-state index in [-0.39, 0.29) is 18.2 Å². The minimum atomic E-state index is -0.951. The first-order chi connectivity index (χ1) is 18.8. The van der Waals surface area contributed by atoms with Crippen LogP contribution in [0.3, 0.4) is 0 Å². The SMILES string of the molecule is COC(=O)[C@H](Cc1c(/C=C/c2ccccc2)cccc1/C=C/c1ccccc1)NC(=O)[C@@H](NC(C)=O)C(C)C. The Morgan fingerprint density at radius 3 is 1.69 bits per heavy atom. The van der Waals surface area contributed by atoms with E-state index in [4.69, 9.17) is 4.74 Å². The van der Waals surface area contributed by atoms with Crippen LogP contribution in [0.2, 0.25) is 0 Å². The summed E-state index contributed by atoms with van der Waals surface area (Å²) in [6.07, 6.45) is 8.25. The molecule has 6 nitrogen and oxygen atoms in total. The second kappa shape index (κ2) is 14.5. The lowest BCUT2D eigenvalue weighted by molar-refractivity contribution is -0.145. The fourth-order valence-electron chi connectivity index (χ4n) is 4.23. The van der Waals surface area contributed by atoms with Crippen molar-refractivity contribution < 1.29 is 19.1 Å². The van der Waals surface area contributed by atoms with E-state index in [0.717, 1.165) is 27.8 Å². The molecular formula is C33H36N2O4. The molecule has 3 rings (SSSR count). The summed E-state index contributed by atoms with van der Waals surface area (Å²) in [6, 6.07) is 24.1. The van der Waals surface area contributed by atoms with Gasteiger partial charge in [-0.3, -0.25) is 9.59 Å². The summed E-state index contributed by atoms with van der Waals surface area (Å²) in [5, 5.41) is 5.51. The molecule has 0 aliphatic heterocycles. The van der Waals surface area contributed by atoms with E-state index in [1.54, 1.807) is 0 Å². The summed E-state index contributed by atoms with van der Waals surface area (Å²) >= 11 is 0. The standard InChI is InChI=1S/C33H36N2O4/c1-23(2)31(34-24(3)36)32(37)35-30(33(38)39-4)22-29-27(20-18-25-12-7-5-8-13-25)16-11-17-28(29)21-19-26-14-9-6-10-15-26/h5-21,23,30-31H,22H2,1-4H3,(H,34,36)(H,35,37)/b20-18+,21-19+/t30-,31-/m0/s1. The van der Waals surface area contributed by atoms with E-state index < -0.39 is 24.0 Å². The lowest BCUT2D eigenvalue weighted by atomic mass is 9.93. The zero-order valence-electron chi connectivity index (χ0n) is 22.9. The average Bonchev–Trinajstić information content (AvgIpc) is 2.94. The van der Waals surface area contributed by atoms with Crippen molar-refractivity contribution in [2.45, 2.75) is 39.3 Å². The molecule has 2 atom stereocenters. The predicted molar refractivity (Wildman–Crippen MR) is 157 cm³/mol. The molecule has 2 amide bonds. The molecule has 0 aliphatic carbocycles. The van der Waals surface area contributed by atoms with Crippen molar-refractivity contribution in [2.24, 2.45) is 5.92 Å². The molecule has 0 radical (unpaired) electrons. The summed E-state index contributed by atoms with van der Waals surface area (Å²) < 4.78 is 5.07. The van der Waals surface area contributed by atoms with Crippen LogP contribution in [-0.4, -0.2) is 37.0 Å². The number of hydrogen-bond donors (Lipinski definition) is 2. The Bertz CT molecular complexity index is 1250. The van der Waals surface area contributed by atoms with Crippen molar-refractivity contribution in [1.82, 2.24) is 10.6 Å². The van der Waals surface area contributed by atoms with Gasteiger partial charge in [0.05, 0.1) is 7.11 Å². The number of carbonyl (C=O) groups is 3. The molecule has 6 heteroatoms. The molecule has 202 valence electrons. The topological polar surface area (TPSA) is 84.5 Å². The average molecular weight is 525 g/mol. The second-order valence-electron chi connectivity index (χ2n) is 9.61. The van der Waals surface area contributed by atoms with Gasteiger partial charge in [0.1, 0.15) is 12.1 Å². The maximum Gasteiger partial charge on any atom is 0.328 e. The van der Waals surface area contributed by atoms with E-state index in [1.807, 2.05) is 117 Å². The van der Waals surface area contributed by atoms with Gasteiger partial charge in [0.2, 0.25) is 11.8 Å². The molecule has 0 saturated heterocycles. The van der Waals surface area contributed by atoms with Gasteiger partial charge in [-0.15, -0.1) is 0 Å². The van der Waals surface area contributed by atoms with E-state index >= 15 is 0 Å². The van der Waals surface area contributed by atoms with Gasteiger partial charge in [-0.1, -0.05) is 117 Å². The van der Waals surface area contributed by atoms with Crippen LogP contribution in [0.4, 0.5) is 0 Å². The molecule has 39 heavy (non-hydrogen) atoms. The number of rotatable bonds is 11. The molecule has 0 spiro atoms. The molecule has 0 fully saturated rings. The lowest BCUT2D eigenvalue weighted by Crippen LogP contribution is -2.54. The van der Waals surface area contributed by atoms with Crippen LogP contribution in [0.1, 0.15) is 48.6 Å². The van der Waals surface area contributed by atoms with Crippen molar-refractivity contribution >= 4 is 42.1 Å². The van der Waals surface area contributed by atoms with Gasteiger partial charge in [-0.2, -0.15) is 0 Å². The zero-order valence-corrected chi connectivity index (χ0v) is 22.9. The number of esters is 1. The van der Waals surface area contributed by atoms with Gasteiger partial charge >= 0.3 is 5.97 Å². The Hall–Kier alpha value is -4.45. The van der Waals surface area contributed by atoms with Crippen LogP contribution < -0.4 is 10.6 Å². The van der Waals surface area contributed by atoms with Crippen molar-refractivity contribution in [3.05, 3.63) is 107 Å². The molecule has 0 saturated carbocycles. The Morgan fingerprint density at radius 2 is 1.26 bits per heavy atom. The third-order valence-corrected chi connectivity index (χ3v) is 6.28. The highest BCUT2D eigenvalue weighted by molar-refractivity contribution is 5.91. The third kappa shape index (κ3) is 8.82. The first-order valence-corrected chi connectivity index (χ1v) is 13.0. The fraction of sp³-hybridized carbons (Fsp3) is 0.242. The number of methoxy groups -OCH3 is 1. The van der Waals surface area contributed by atoms with E-state index in [1.165, 1.54) is 14.0 Å². The van der Waals surface area contributed by atoms with Gasteiger partial charge in [0.15, 0.2) is 0 Å². The van der Waals surface area contributed by atoms with Crippen molar-refractivity contribution in [2.75, 3.05) is 7.11 Å². The van der Waals surface area contributed by atoms with Crippen LogP contribution in [0, 0.1) is 5.92 Å². The highest BCUT2D eigenvalue weighted by Gasteiger charge is 2.29. The Balaban J connectivity index is 2.01. The third-order valence-electron chi connectivity index (χ3n) is 6.28. The molecule has 0 unspecified atom stereocenters. The normalized spacial score (nSPS) is 12.8. The summed E-state index contributed by atoms with van der Waals surface area (Å²) in [5.41, 5.74) is 4.80. The van der Waals surface area contributed by atoms with Gasteiger partial charge in [-0.05, 0) is 33.7 Å². The van der Waals surface area contributed by atoms with Crippen LogP contribution in [0.15, 0.2) is 78.9 Å². The molecule has 0 heterocycles. The molecule has 3 aromatic rings. The molecule has 3 aromatic carbocycles. The number of amides is 2. The first kappa shape index (κ1) is 29.1. The number of hydrogen-bond acceptors (Lipinski definition) is 4. The lowest BCUT2D eigenvalue weighted by Gasteiger charge is -2.25. The number of benzene rings is 3. The summed E-state index contributed by atoms with van der Waals surface area (Å²) in [4.78, 5) is 37.8. The van der Waals surface area contributed by atoms with Crippen LogP contribution in [-0.2, 0) is 25.5 Å². The highest BCUT2D eigenvalue weighted by Crippen LogP contribution is 2.23. The van der Waals surface area contributed by atoms with Gasteiger partial charge in [0, 0.05) is 13.3 Å². The molecule has 0 aliphatic rings. The van der Waals surface area contributed by atoms with Crippen molar-refractivity contribution in [3.63, 3.8) is 0 Å². The Kier molecular flexibility index (Phi) is 10.8. The van der Waals surface area contributed by atoms with E-state index in [0.29, 0.717) is 0 Å². The van der Waals surface area contributed by atoms with Gasteiger partial charge in [0.25, 0.3) is 0 Å². The largest absolute Gasteiger partial charge is 0.467 e. The van der Waals surface area contributed by atoms with Gasteiger partial charge in [-0.25, -0.2) is 4.79 Å². The number of nitrogens with one attached hydrogen (secondary N) is 2. The molecule has 2 N–H and O–H groups in total. The minimum absolute atomic E-state index is 0.169. The smallest absolute Gasteiger partial charge is 0.328 e. The maximum atomic E-state index is 13.2. The van der Waals surface area contributed by atoms with Crippen molar-refractivity contribution in [1.29, 1.82) is 0 Å². The highest BCUT2D eigenvalue weighted by atomic mass is 16.5. The summed E-state index contributed by atoms with van der Waals surface area (Å²) in [5.74, 6) is -1.48. The van der Waals surface area contributed by atoms with E-state index in [2.05, 4.69) is 10.6 Å². The maximum absolute atomic E-state index is 13.2.